The van der Waals surface area contributed by atoms with Crippen molar-refractivity contribution >= 4 is 0 Å². The SMILES string of the molecule is C=C(CO)[C@@H]1CC[C@]2(C(=C)NC)CC[C@]3(C)C(CC[C@@H]4[C@@]5(C)CC[C@H](O)[C@@](C)(CO)[C@@H]5CC[C@]43C)[C@@H]12. The Balaban J connectivity index is 1.56. The summed E-state index contributed by atoms with van der Waals surface area (Å²) in [5, 5.41) is 35.1. The number of hydrogen-bond donors (Lipinski definition) is 4. The van der Waals surface area contributed by atoms with Gasteiger partial charge in [-0.2, -0.15) is 0 Å². The first-order valence-electron chi connectivity index (χ1n) is 14.8. The Kier molecular flexibility index (Phi) is 6.38. The molecule has 4 nitrogen and oxygen atoms in total. The van der Waals surface area contributed by atoms with Crippen molar-refractivity contribution < 1.29 is 15.3 Å². The molecule has 0 heterocycles. The first-order chi connectivity index (χ1) is 16.9. The minimum atomic E-state index is -0.400. The third-order valence-corrected chi connectivity index (χ3v) is 14.2. The Labute approximate surface area is 220 Å². The predicted octanol–water partition coefficient (Wildman–Crippen LogP) is 5.68. The molecule has 5 aliphatic rings. The van der Waals surface area contributed by atoms with E-state index >= 15 is 0 Å². The zero-order valence-electron chi connectivity index (χ0n) is 23.7. The molecule has 0 aromatic rings. The monoisotopic (exact) mass is 499 g/mol. The Morgan fingerprint density at radius 3 is 2.19 bits per heavy atom. The van der Waals surface area contributed by atoms with Crippen molar-refractivity contribution in [3.8, 4) is 0 Å². The van der Waals surface area contributed by atoms with Crippen LogP contribution >= 0.6 is 0 Å². The summed E-state index contributed by atoms with van der Waals surface area (Å²) in [6.07, 6.45) is 10.9. The summed E-state index contributed by atoms with van der Waals surface area (Å²) in [5.74, 6) is 2.46. The fourth-order valence-electron chi connectivity index (χ4n) is 12.0. The van der Waals surface area contributed by atoms with Gasteiger partial charge in [-0.15, -0.1) is 0 Å². The van der Waals surface area contributed by atoms with Crippen LogP contribution in [0.5, 0.6) is 0 Å². The molecule has 0 aromatic heterocycles. The summed E-state index contributed by atoms with van der Waals surface area (Å²) >= 11 is 0. The minimum absolute atomic E-state index is 0.0828. The minimum Gasteiger partial charge on any atom is -0.396 e. The molecular weight excluding hydrogens is 446 g/mol. The van der Waals surface area contributed by atoms with E-state index in [1.54, 1.807) is 0 Å². The van der Waals surface area contributed by atoms with Gasteiger partial charge in [0.15, 0.2) is 0 Å². The molecule has 11 atom stereocenters. The highest BCUT2D eigenvalue weighted by Crippen LogP contribution is 2.78. The first kappa shape index (κ1) is 26.8. The summed E-state index contributed by atoms with van der Waals surface area (Å²) < 4.78 is 0. The fraction of sp³-hybridized carbons (Fsp3) is 0.875. The predicted molar refractivity (Wildman–Crippen MR) is 146 cm³/mol. The van der Waals surface area contributed by atoms with Crippen molar-refractivity contribution in [3.05, 3.63) is 24.4 Å². The van der Waals surface area contributed by atoms with Gasteiger partial charge in [-0.05, 0) is 116 Å². The maximum atomic E-state index is 11.0. The van der Waals surface area contributed by atoms with E-state index < -0.39 is 11.5 Å². The van der Waals surface area contributed by atoms with Crippen molar-refractivity contribution in [1.29, 1.82) is 0 Å². The molecular formula is C32H53NO3. The summed E-state index contributed by atoms with van der Waals surface area (Å²) in [6.45, 7) is 19.0. The molecule has 36 heavy (non-hydrogen) atoms. The highest BCUT2D eigenvalue weighted by atomic mass is 16.3. The van der Waals surface area contributed by atoms with E-state index in [1.807, 2.05) is 7.05 Å². The number of allylic oxidation sites excluding steroid dienone is 1. The number of nitrogens with one attached hydrogen (secondary N) is 1. The van der Waals surface area contributed by atoms with Crippen molar-refractivity contribution in [2.24, 2.45) is 56.7 Å². The Morgan fingerprint density at radius 1 is 0.833 bits per heavy atom. The average Bonchev–Trinajstić information content (AvgIpc) is 3.26. The van der Waals surface area contributed by atoms with Gasteiger partial charge >= 0.3 is 0 Å². The van der Waals surface area contributed by atoms with Gasteiger partial charge in [-0.1, -0.05) is 40.9 Å². The van der Waals surface area contributed by atoms with E-state index in [9.17, 15) is 15.3 Å². The van der Waals surface area contributed by atoms with Gasteiger partial charge in [-0.25, -0.2) is 0 Å². The number of rotatable bonds is 5. The van der Waals surface area contributed by atoms with Crippen LogP contribution in [0.25, 0.3) is 0 Å². The molecule has 0 spiro atoms. The van der Waals surface area contributed by atoms with Crippen LogP contribution in [0.15, 0.2) is 24.4 Å². The highest BCUT2D eigenvalue weighted by molar-refractivity contribution is 5.27. The average molecular weight is 500 g/mol. The maximum absolute atomic E-state index is 11.0. The largest absolute Gasteiger partial charge is 0.396 e. The smallest absolute Gasteiger partial charge is 0.0641 e. The second-order valence-electron chi connectivity index (χ2n) is 14.8. The lowest BCUT2D eigenvalue weighted by atomic mass is 9.32. The van der Waals surface area contributed by atoms with Crippen LogP contribution in [-0.4, -0.2) is 41.7 Å². The third-order valence-electron chi connectivity index (χ3n) is 14.2. The van der Waals surface area contributed by atoms with Gasteiger partial charge in [0.1, 0.15) is 0 Å². The van der Waals surface area contributed by atoms with E-state index in [0.29, 0.717) is 29.6 Å². The van der Waals surface area contributed by atoms with Crippen molar-refractivity contribution in [2.75, 3.05) is 20.3 Å². The highest BCUT2D eigenvalue weighted by Gasteiger charge is 2.71. The van der Waals surface area contributed by atoms with Crippen LogP contribution in [-0.2, 0) is 0 Å². The molecule has 0 aromatic carbocycles. The lowest BCUT2D eigenvalue weighted by Crippen LogP contribution is -2.67. The summed E-state index contributed by atoms with van der Waals surface area (Å²) in [5.41, 5.74) is 2.56. The van der Waals surface area contributed by atoms with Crippen LogP contribution in [0.1, 0.15) is 91.9 Å². The zero-order chi connectivity index (χ0) is 26.3. The molecule has 4 heteroatoms. The van der Waals surface area contributed by atoms with Gasteiger partial charge in [0.25, 0.3) is 0 Å². The first-order valence-corrected chi connectivity index (χ1v) is 14.8. The Bertz CT molecular complexity index is 917. The number of hydrogen-bond acceptors (Lipinski definition) is 4. The standard InChI is InChI=1S/C32H53NO3/c1-20(18-34)22-10-15-32(21(2)33-7)17-16-30(5)23(27(22)32)8-9-25-28(3)13-12-26(36)29(4,19-35)24(28)11-14-31(25,30)6/h22-27,33-36H,1-2,8-19H2,3-7H3/t22-,23?,24+,25+,26-,27+,28-,29-,30+,31+,32+/m0/s1. The molecule has 5 fully saturated rings. The van der Waals surface area contributed by atoms with Gasteiger partial charge in [0, 0.05) is 23.6 Å². The van der Waals surface area contributed by atoms with Gasteiger partial charge in [0.2, 0.25) is 0 Å². The topological polar surface area (TPSA) is 72.7 Å². The normalized spacial score (nSPS) is 54.0. The molecule has 0 saturated heterocycles. The van der Waals surface area contributed by atoms with E-state index in [-0.39, 0.29) is 34.9 Å². The summed E-state index contributed by atoms with van der Waals surface area (Å²) in [7, 11) is 2.03. The maximum Gasteiger partial charge on any atom is 0.0641 e. The molecule has 5 saturated carbocycles. The second kappa shape index (κ2) is 8.58. The molecule has 204 valence electrons. The van der Waals surface area contributed by atoms with Gasteiger partial charge in [-0.3, -0.25) is 0 Å². The fourth-order valence-corrected chi connectivity index (χ4v) is 12.0. The van der Waals surface area contributed by atoms with E-state index in [1.165, 1.54) is 37.8 Å². The van der Waals surface area contributed by atoms with Crippen LogP contribution in [0.2, 0.25) is 0 Å². The summed E-state index contributed by atoms with van der Waals surface area (Å²) in [4.78, 5) is 0. The lowest BCUT2D eigenvalue weighted by Gasteiger charge is -2.73. The lowest BCUT2D eigenvalue weighted by molar-refractivity contribution is -0.252. The van der Waals surface area contributed by atoms with E-state index in [0.717, 1.165) is 37.7 Å². The number of aliphatic hydroxyl groups is 3. The Hall–Kier alpha value is -0.840. The molecule has 1 unspecified atom stereocenters. The number of aliphatic hydroxyl groups excluding tert-OH is 3. The van der Waals surface area contributed by atoms with Gasteiger partial charge in [0.05, 0.1) is 19.3 Å². The molecule has 0 radical (unpaired) electrons. The molecule has 0 bridgehead atoms. The quantitative estimate of drug-likeness (QED) is 0.367. The van der Waals surface area contributed by atoms with Crippen LogP contribution < -0.4 is 5.32 Å². The van der Waals surface area contributed by atoms with Crippen LogP contribution in [0.3, 0.4) is 0 Å². The van der Waals surface area contributed by atoms with Gasteiger partial charge < -0.3 is 20.6 Å². The molecule has 5 rings (SSSR count). The molecule has 4 N–H and O–H groups in total. The van der Waals surface area contributed by atoms with Crippen LogP contribution in [0.4, 0.5) is 0 Å². The third kappa shape index (κ3) is 3.10. The zero-order valence-corrected chi connectivity index (χ0v) is 23.7. The van der Waals surface area contributed by atoms with Crippen molar-refractivity contribution in [1.82, 2.24) is 5.32 Å². The second-order valence-corrected chi connectivity index (χ2v) is 14.8. The molecule has 0 aliphatic heterocycles. The Morgan fingerprint density at radius 2 is 1.56 bits per heavy atom. The van der Waals surface area contributed by atoms with E-state index in [2.05, 4.69) is 46.2 Å². The molecule has 0 amide bonds. The van der Waals surface area contributed by atoms with Crippen LogP contribution in [0, 0.1) is 56.7 Å². The van der Waals surface area contributed by atoms with Crippen molar-refractivity contribution in [3.63, 3.8) is 0 Å². The number of fused-ring (bicyclic) bond motifs is 7. The molecule has 5 aliphatic carbocycles. The van der Waals surface area contributed by atoms with E-state index in [4.69, 9.17) is 0 Å². The summed E-state index contributed by atoms with van der Waals surface area (Å²) in [6, 6.07) is 0. The van der Waals surface area contributed by atoms with Crippen molar-refractivity contribution in [2.45, 2.75) is 98.0 Å².